The van der Waals surface area contributed by atoms with E-state index in [1.165, 1.54) is 7.11 Å². The number of carbonyl (C=O) groups excluding carboxylic acids is 2. The molecule has 0 spiro atoms. The fourth-order valence-corrected chi connectivity index (χ4v) is 1.78. The highest BCUT2D eigenvalue weighted by molar-refractivity contribution is 5.85. The van der Waals surface area contributed by atoms with Gasteiger partial charge in [0.05, 0.1) is 7.11 Å². The highest BCUT2D eigenvalue weighted by Gasteiger charge is 2.24. The minimum absolute atomic E-state index is 0.0516. The van der Waals surface area contributed by atoms with Crippen LogP contribution in [-0.2, 0) is 14.3 Å². The first-order valence-electron chi connectivity index (χ1n) is 6.80. The van der Waals surface area contributed by atoms with Gasteiger partial charge in [-0.3, -0.25) is 4.79 Å². The fourth-order valence-electron chi connectivity index (χ4n) is 1.78. The number of esters is 1. The standard InChI is InChI=1S/C14H27NO3/c1-6-7-8-11(4)13(16)15-12(9-10(2)3)14(17)18-5/h10-12H,6-9H2,1-5H3,(H,15,16). The van der Waals surface area contributed by atoms with Crippen LogP contribution in [0.15, 0.2) is 0 Å². The average Bonchev–Trinajstić information content (AvgIpc) is 2.33. The van der Waals surface area contributed by atoms with Crippen LogP contribution in [0.2, 0.25) is 0 Å². The first-order valence-corrected chi connectivity index (χ1v) is 6.80. The van der Waals surface area contributed by atoms with Gasteiger partial charge in [-0.15, -0.1) is 0 Å². The molecule has 0 saturated heterocycles. The van der Waals surface area contributed by atoms with E-state index in [0.29, 0.717) is 12.3 Å². The molecule has 0 aromatic rings. The first kappa shape index (κ1) is 16.9. The highest BCUT2D eigenvalue weighted by Crippen LogP contribution is 2.11. The van der Waals surface area contributed by atoms with Crippen LogP contribution in [0, 0.1) is 11.8 Å². The van der Waals surface area contributed by atoms with Crippen molar-refractivity contribution in [3.05, 3.63) is 0 Å². The van der Waals surface area contributed by atoms with Gasteiger partial charge in [-0.25, -0.2) is 4.79 Å². The number of amides is 1. The van der Waals surface area contributed by atoms with Crippen molar-refractivity contribution in [1.29, 1.82) is 0 Å². The summed E-state index contributed by atoms with van der Waals surface area (Å²) in [6, 6.07) is -0.522. The van der Waals surface area contributed by atoms with Gasteiger partial charge in [-0.1, -0.05) is 40.5 Å². The SMILES string of the molecule is CCCCC(C)C(=O)NC(CC(C)C)C(=O)OC. The number of unbranched alkanes of at least 4 members (excludes halogenated alkanes) is 1. The Labute approximate surface area is 110 Å². The zero-order valence-corrected chi connectivity index (χ0v) is 12.3. The van der Waals surface area contributed by atoms with Gasteiger partial charge in [0.1, 0.15) is 6.04 Å². The Morgan fingerprint density at radius 2 is 1.83 bits per heavy atom. The van der Waals surface area contributed by atoms with Crippen molar-refractivity contribution in [2.45, 2.75) is 59.4 Å². The molecule has 0 bridgehead atoms. The quantitative estimate of drug-likeness (QED) is 0.680. The largest absolute Gasteiger partial charge is 0.467 e. The summed E-state index contributed by atoms with van der Waals surface area (Å²) in [4.78, 5) is 23.5. The molecule has 18 heavy (non-hydrogen) atoms. The monoisotopic (exact) mass is 257 g/mol. The lowest BCUT2D eigenvalue weighted by molar-refractivity contribution is -0.146. The molecule has 2 unspecified atom stereocenters. The molecule has 0 radical (unpaired) electrons. The Bertz CT molecular complexity index is 264. The number of carbonyl (C=O) groups is 2. The van der Waals surface area contributed by atoms with Crippen LogP contribution >= 0.6 is 0 Å². The van der Waals surface area contributed by atoms with Crippen LogP contribution in [0.4, 0.5) is 0 Å². The molecule has 0 aromatic heterocycles. The molecule has 0 heterocycles. The maximum absolute atomic E-state index is 11.9. The Kier molecular flexibility index (Phi) is 8.42. The predicted octanol–water partition coefficient (Wildman–Crippen LogP) is 2.52. The number of rotatable bonds is 8. The number of hydrogen-bond donors (Lipinski definition) is 1. The lowest BCUT2D eigenvalue weighted by atomic mass is 10.0. The van der Waals surface area contributed by atoms with Crippen molar-refractivity contribution >= 4 is 11.9 Å². The molecule has 0 rings (SSSR count). The van der Waals surface area contributed by atoms with Crippen molar-refractivity contribution in [2.75, 3.05) is 7.11 Å². The molecule has 2 atom stereocenters. The van der Waals surface area contributed by atoms with Crippen molar-refractivity contribution in [3.63, 3.8) is 0 Å². The number of methoxy groups -OCH3 is 1. The third kappa shape index (κ3) is 6.62. The molecule has 0 aliphatic heterocycles. The highest BCUT2D eigenvalue weighted by atomic mass is 16.5. The molecule has 0 aliphatic carbocycles. The number of nitrogens with one attached hydrogen (secondary N) is 1. The van der Waals surface area contributed by atoms with Crippen molar-refractivity contribution in [3.8, 4) is 0 Å². The zero-order chi connectivity index (χ0) is 14.1. The molecule has 0 aliphatic rings. The second-order valence-corrected chi connectivity index (χ2v) is 5.26. The van der Waals surface area contributed by atoms with Crippen LogP contribution in [-0.4, -0.2) is 25.0 Å². The topological polar surface area (TPSA) is 55.4 Å². The number of hydrogen-bond acceptors (Lipinski definition) is 3. The third-order valence-corrected chi connectivity index (χ3v) is 2.95. The van der Waals surface area contributed by atoms with E-state index in [2.05, 4.69) is 12.2 Å². The van der Waals surface area contributed by atoms with E-state index < -0.39 is 6.04 Å². The predicted molar refractivity (Wildman–Crippen MR) is 72.1 cm³/mol. The molecule has 4 nitrogen and oxygen atoms in total. The summed E-state index contributed by atoms with van der Waals surface area (Å²) in [7, 11) is 1.35. The van der Waals surface area contributed by atoms with Crippen LogP contribution in [0.25, 0.3) is 0 Å². The van der Waals surface area contributed by atoms with Crippen molar-refractivity contribution < 1.29 is 14.3 Å². The number of ether oxygens (including phenoxy) is 1. The summed E-state index contributed by atoms with van der Waals surface area (Å²) in [6.45, 7) is 8.03. The Balaban J connectivity index is 4.38. The molecule has 1 amide bonds. The van der Waals surface area contributed by atoms with Gasteiger partial charge in [0.2, 0.25) is 5.91 Å². The van der Waals surface area contributed by atoms with Crippen LogP contribution < -0.4 is 5.32 Å². The normalized spacial score (nSPS) is 14.1. The zero-order valence-electron chi connectivity index (χ0n) is 12.3. The van der Waals surface area contributed by atoms with Crippen molar-refractivity contribution in [2.24, 2.45) is 11.8 Å². The Morgan fingerprint density at radius 1 is 1.22 bits per heavy atom. The van der Waals surface area contributed by atoms with E-state index in [9.17, 15) is 9.59 Å². The molecule has 0 aromatic carbocycles. The Hall–Kier alpha value is -1.06. The smallest absolute Gasteiger partial charge is 0.328 e. The molecule has 0 fully saturated rings. The summed E-state index contributed by atoms with van der Waals surface area (Å²) in [5.74, 6) is -0.135. The molecule has 4 heteroatoms. The fraction of sp³-hybridized carbons (Fsp3) is 0.857. The first-order chi connectivity index (χ1) is 8.42. The van der Waals surface area contributed by atoms with Crippen LogP contribution in [0.3, 0.4) is 0 Å². The summed E-state index contributed by atoms with van der Waals surface area (Å²) in [6.07, 6.45) is 3.57. The second-order valence-electron chi connectivity index (χ2n) is 5.26. The molecule has 106 valence electrons. The van der Waals surface area contributed by atoms with Gasteiger partial charge < -0.3 is 10.1 Å². The average molecular weight is 257 g/mol. The molecular weight excluding hydrogens is 230 g/mol. The maximum Gasteiger partial charge on any atom is 0.328 e. The van der Waals surface area contributed by atoms with Crippen LogP contribution in [0.1, 0.15) is 53.4 Å². The third-order valence-electron chi connectivity index (χ3n) is 2.95. The van der Waals surface area contributed by atoms with E-state index in [1.54, 1.807) is 0 Å². The van der Waals surface area contributed by atoms with E-state index in [0.717, 1.165) is 19.3 Å². The maximum atomic E-state index is 11.9. The minimum atomic E-state index is -0.522. The summed E-state index contributed by atoms with van der Waals surface area (Å²) in [5.41, 5.74) is 0. The van der Waals surface area contributed by atoms with E-state index in [1.807, 2.05) is 20.8 Å². The van der Waals surface area contributed by atoms with Gasteiger partial charge >= 0.3 is 5.97 Å². The molecule has 0 saturated carbocycles. The minimum Gasteiger partial charge on any atom is -0.467 e. The van der Waals surface area contributed by atoms with Gasteiger partial charge in [0.15, 0.2) is 0 Å². The van der Waals surface area contributed by atoms with Crippen LogP contribution in [0.5, 0.6) is 0 Å². The van der Waals surface area contributed by atoms with Gasteiger partial charge in [0, 0.05) is 5.92 Å². The van der Waals surface area contributed by atoms with Crippen molar-refractivity contribution in [1.82, 2.24) is 5.32 Å². The van der Waals surface area contributed by atoms with E-state index >= 15 is 0 Å². The molecule has 1 N–H and O–H groups in total. The lowest BCUT2D eigenvalue weighted by Crippen LogP contribution is -2.44. The molecular formula is C14H27NO3. The van der Waals surface area contributed by atoms with Gasteiger partial charge in [-0.05, 0) is 18.8 Å². The van der Waals surface area contributed by atoms with E-state index in [-0.39, 0.29) is 17.8 Å². The van der Waals surface area contributed by atoms with Gasteiger partial charge in [-0.2, -0.15) is 0 Å². The summed E-state index contributed by atoms with van der Waals surface area (Å²) < 4.78 is 4.72. The lowest BCUT2D eigenvalue weighted by Gasteiger charge is -2.20. The summed E-state index contributed by atoms with van der Waals surface area (Å²) in [5, 5.41) is 2.79. The second kappa shape index (κ2) is 8.95. The Morgan fingerprint density at radius 3 is 2.28 bits per heavy atom. The summed E-state index contributed by atoms with van der Waals surface area (Å²) >= 11 is 0. The van der Waals surface area contributed by atoms with Gasteiger partial charge in [0.25, 0.3) is 0 Å². The van der Waals surface area contributed by atoms with E-state index in [4.69, 9.17) is 4.74 Å².